The summed E-state index contributed by atoms with van der Waals surface area (Å²) in [6.45, 7) is 0. The zero-order valence-corrected chi connectivity index (χ0v) is 16.3. The topological polar surface area (TPSA) is 36.5 Å². The molecule has 0 amide bonds. The Morgan fingerprint density at radius 1 is 1.03 bits per heavy atom. The third-order valence-corrected chi connectivity index (χ3v) is 7.24. The Bertz CT molecular complexity index is 1030. The standard InChI is InChI=1S/C25H25N3O/c1-4-11-23-17(6-1)18-8-5-7-16(24(18)29-23)15-12-13-20-22(14-15)28-21-10-3-2-9-19(21)26-25(28)27-20/h1,3-4,6-7,10-14,17,20,22-23,25-27H,2,5,8-9H2. The normalized spacial score (nSPS) is 38.1. The van der Waals surface area contributed by atoms with Gasteiger partial charge in [0.05, 0.1) is 17.8 Å². The van der Waals surface area contributed by atoms with Gasteiger partial charge in [-0.05, 0) is 49.0 Å². The first-order valence-corrected chi connectivity index (χ1v) is 10.9. The summed E-state index contributed by atoms with van der Waals surface area (Å²) in [7, 11) is 0. The molecule has 3 heterocycles. The smallest absolute Gasteiger partial charge is 0.156 e. The van der Waals surface area contributed by atoms with E-state index >= 15 is 0 Å². The van der Waals surface area contributed by atoms with Crippen LogP contribution in [0.2, 0.25) is 0 Å². The molecule has 7 aliphatic rings. The fourth-order valence-electron chi connectivity index (χ4n) is 5.91. The molecule has 0 radical (unpaired) electrons. The molecule has 2 N–H and O–H groups in total. The molecule has 4 heteroatoms. The SMILES string of the molecule is C1=CC2OC3=C(CCC=C3C3=CC4C(C=C3)NC3NC5=C(C=CCC5)N34)C2C=C1. The summed E-state index contributed by atoms with van der Waals surface area (Å²) in [4.78, 5) is 2.53. The largest absolute Gasteiger partial charge is 0.485 e. The third kappa shape index (κ3) is 2.24. The van der Waals surface area contributed by atoms with Gasteiger partial charge in [0.2, 0.25) is 0 Å². The first-order chi connectivity index (χ1) is 14.4. The van der Waals surface area contributed by atoms with Gasteiger partial charge in [-0.2, -0.15) is 0 Å². The lowest BCUT2D eigenvalue weighted by Gasteiger charge is -2.29. The van der Waals surface area contributed by atoms with Gasteiger partial charge >= 0.3 is 0 Å². The predicted molar refractivity (Wildman–Crippen MR) is 113 cm³/mol. The minimum absolute atomic E-state index is 0.174. The molecule has 3 aliphatic heterocycles. The Labute approximate surface area is 171 Å². The van der Waals surface area contributed by atoms with Crippen LogP contribution in [0.5, 0.6) is 0 Å². The van der Waals surface area contributed by atoms with E-state index in [9.17, 15) is 0 Å². The number of fused-ring (bicyclic) bond motifs is 6. The van der Waals surface area contributed by atoms with Crippen LogP contribution < -0.4 is 10.6 Å². The van der Waals surface area contributed by atoms with Crippen LogP contribution in [-0.4, -0.2) is 29.4 Å². The molecular formula is C25H25N3O. The number of rotatable bonds is 1. The van der Waals surface area contributed by atoms with Crippen LogP contribution in [0.1, 0.15) is 25.7 Å². The number of nitrogens with zero attached hydrogens (tertiary/aromatic N) is 1. The third-order valence-electron chi connectivity index (χ3n) is 7.24. The van der Waals surface area contributed by atoms with Gasteiger partial charge in [0, 0.05) is 17.2 Å². The van der Waals surface area contributed by atoms with E-state index in [0.717, 1.165) is 31.4 Å². The molecule has 0 aromatic rings. The van der Waals surface area contributed by atoms with Crippen LogP contribution in [0, 0.1) is 5.92 Å². The fraction of sp³-hybridized carbons (Fsp3) is 0.360. The lowest BCUT2D eigenvalue weighted by Crippen LogP contribution is -2.41. The van der Waals surface area contributed by atoms with Crippen molar-refractivity contribution in [2.75, 3.05) is 0 Å². The van der Waals surface area contributed by atoms with Crippen LogP contribution in [0.3, 0.4) is 0 Å². The molecule has 7 rings (SSSR count). The van der Waals surface area contributed by atoms with E-state index in [4.69, 9.17) is 4.74 Å². The molecule has 0 aromatic carbocycles. The summed E-state index contributed by atoms with van der Waals surface area (Å²) in [6.07, 6.45) is 27.7. The minimum atomic E-state index is 0.174. The van der Waals surface area contributed by atoms with Gasteiger partial charge in [-0.15, -0.1) is 0 Å². The van der Waals surface area contributed by atoms with Gasteiger partial charge in [-0.25, -0.2) is 0 Å². The van der Waals surface area contributed by atoms with Crippen LogP contribution >= 0.6 is 0 Å². The van der Waals surface area contributed by atoms with Crippen molar-refractivity contribution in [1.82, 2.24) is 15.5 Å². The van der Waals surface area contributed by atoms with E-state index in [2.05, 4.69) is 76.3 Å². The molecule has 29 heavy (non-hydrogen) atoms. The fourth-order valence-corrected chi connectivity index (χ4v) is 5.91. The summed E-state index contributed by atoms with van der Waals surface area (Å²) < 4.78 is 6.46. The predicted octanol–water partition coefficient (Wildman–Crippen LogP) is 3.69. The molecule has 146 valence electrons. The Balaban J connectivity index is 1.25. The van der Waals surface area contributed by atoms with Crippen molar-refractivity contribution >= 4 is 0 Å². The molecule has 4 nitrogen and oxygen atoms in total. The van der Waals surface area contributed by atoms with Crippen LogP contribution in [-0.2, 0) is 4.74 Å². The van der Waals surface area contributed by atoms with Gasteiger partial charge in [0.25, 0.3) is 0 Å². The molecule has 4 aliphatic carbocycles. The second-order valence-electron chi connectivity index (χ2n) is 8.81. The van der Waals surface area contributed by atoms with E-state index in [1.807, 2.05) is 0 Å². The maximum atomic E-state index is 6.46. The minimum Gasteiger partial charge on any atom is -0.485 e. The maximum absolute atomic E-state index is 6.46. The second kappa shape index (κ2) is 5.90. The molecule has 1 fully saturated rings. The Hall–Kier alpha value is -2.72. The number of nitrogens with one attached hydrogen (secondary N) is 2. The van der Waals surface area contributed by atoms with Gasteiger partial charge in [0.1, 0.15) is 11.9 Å². The molecule has 0 aromatic heterocycles. The highest BCUT2D eigenvalue weighted by molar-refractivity contribution is 5.58. The van der Waals surface area contributed by atoms with Crippen molar-refractivity contribution in [2.45, 2.75) is 50.2 Å². The van der Waals surface area contributed by atoms with E-state index in [1.165, 1.54) is 28.1 Å². The Morgan fingerprint density at radius 2 is 2.00 bits per heavy atom. The van der Waals surface area contributed by atoms with Gasteiger partial charge < -0.3 is 15.0 Å². The molecule has 5 atom stereocenters. The average Bonchev–Trinajstić information content (AvgIpc) is 3.42. The summed E-state index contributed by atoms with van der Waals surface area (Å²) in [5, 5.41) is 7.44. The van der Waals surface area contributed by atoms with Gasteiger partial charge in [-0.1, -0.05) is 48.6 Å². The van der Waals surface area contributed by atoms with Crippen LogP contribution in [0.4, 0.5) is 0 Å². The molecule has 0 bridgehead atoms. The monoisotopic (exact) mass is 383 g/mol. The first-order valence-electron chi connectivity index (χ1n) is 10.9. The Morgan fingerprint density at radius 3 is 3.00 bits per heavy atom. The molecule has 1 saturated heterocycles. The highest BCUT2D eigenvalue weighted by Gasteiger charge is 2.46. The lowest BCUT2D eigenvalue weighted by molar-refractivity contribution is 0.171. The molecular weight excluding hydrogens is 358 g/mol. The van der Waals surface area contributed by atoms with Gasteiger partial charge in [-0.3, -0.25) is 5.32 Å². The molecule has 5 unspecified atom stereocenters. The highest BCUT2D eigenvalue weighted by Crippen LogP contribution is 2.46. The zero-order valence-electron chi connectivity index (χ0n) is 16.3. The van der Waals surface area contributed by atoms with Crippen molar-refractivity contribution in [2.24, 2.45) is 5.92 Å². The van der Waals surface area contributed by atoms with Crippen molar-refractivity contribution in [3.63, 3.8) is 0 Å². The molecule has 0 saturated carbocycles. The lowest BCUT2D eigenvalue weighted by atomic mass is 9.83. The number of allylic oxidation sites excluding steroid dienone is 8. The summed E-state index contributed by atoms with van der Waals surface area (Å²) in [6, 6.07) is 0.675. The van der Waals surface area contributed by atoms with Gasteiger partial charge in [0.15, 0.2) is 6.29 Å². The average molecular weight is 383 g/mol. The van der Waals surface area contributed by atoms with Crippen LogP contribution in [0.15, 0.2) is 94.6 Å². The van der Waals surface area contributed by atoms with Crippen molar-refractivity contribution in [1.29, 1.82) is 0 Å². The van der Waals surface area contributed by atoms with E-state index < -0.39 is 0 Å². The number of ether oxygens (including phenoxy) is 1. The van der Waals surface area contributed by atoms with E-state index in [-0.39, 0.29) is 12.4 Å². The van der Waals surface area contributed by atoms with Crippen molar-refractivity contribution in [3.8, 4) is 0 Å². The van der Waals surface area contributed by atoms with Crippen molar-refractivity contribution < 1.29 is 4.74 Å². The number of hydrogen-bond donors (Lipinski definition) is 2. The highest BCUT2D eigenvalue weighted by atomic mass is 16.5. The van der Waals surface area contributed by atoms with Crippen molar-refractivity contribution in [3.05, 3.63) is 94.6 Å². The second-order valence-corrected chi connectivity index (χ2v) is 8.81. The molecule has 0 spiro atoms. The summed E-state index contributed by atoms with van der Waals surface area (Å²) >= 11 is 0. The quantitative estimate of drug-likeness (QED) is 0.724. The summed E-state index contributed by atoms with van der Waals surface area (Å²) in [5.41, 5.74) is 6.83. The van der Waals surface area contributed by atoms with E-state index in [1.54, 1.807) is 0 Å². The van der Waals surface area contributed by atoms with E-state index in [0.29, 0.717) is 18.0 Å². The number of hydrogen-bond acceptors (Lipinski definition) is 4. The zero-order chi connectivity index (χ0) is 18.9. The first kappa shape index (κ1) is 16.1. The van der Waals surface area contributed by atoms with Crippen LogP contribution in [0.25, 0.3) is 0 Å². The Kier molecular flexibility index (Phi) is 3.28. The maximum Gasteiger partial charge on any atom is 0.156 e. The summed E-state index contributed by atoms with van der Waals surface area (Å²) in [5.74, 6) is 1.55.